The molecule has 0 heterocycles. The predicted molar refractivity (Wildman–Crippen MR) is 94.4 cm³/mol. The van der Waals surface area contributed by atoms with Gasteiger partial charge >= 0.3 is 0 Å². The molecule has 0 aromatic heterocycles. The van der Waals surface area contributed by atoms with Crippen molar-refractivity contribution in [1.82, 2.24) is 0 Å². The van der Waals surface area contributed by atoms with Crippen molar-refractivity contribution in [1.29, 1.82) is 0 Å². The van der Waals surface area contributed by atoms with E-state index in [9.17, 15) is 5.11 Å². The number of hydrogen-bond acceptors (Lipinski definition) is 2. The zero-order valence-corrected chi connectivity index (χ0v) is 14.9. The van der Waals surface area contributed by atoms with Crippen molar-refractivity contribution in [3.8, 4) is 5.75 Å². The summed E-state index contributed by atoms with van der Waals surface area (Å²) >= 11 is 3.47. The molecule has 0 aliphatic carbocycles. The Balaban J connectivity index is 2.42. The van der Waals surface area contributed by atoms with Crippen molar-refractivity contribution >= 4 is 15.9 Å². The van der Waals surface area contributed by atoms with E-state index in [1.807, 2.05) is 43.3 Å². The van der Waals surface area contributed by atoms with Crippen molar-refractivity contribution in [2.45, 2.75) is 38.2 Å². The average molecular weight is 363 g/mol. The summed E-state index contributed by atoms with van der Waals surface area (Å²) in [6.45, 7) is 4.16. The summed E-state index contributed by atoms with van der Waals surface area (Å²) < 4.78 is 6.26. The zero-order valence-electron chi connectivity index (χ0n) is 13.3. The van der Waals surface area contributed by atoms with Gasteiger partial charge in [-0.2, -0.15) is 0 Å². The van der Waals surface area contributed by atoms with Crippen LogP contribution in [0, 0.1) is 0 Å². The number of hydrogen-bond donors (Lipinski definition) is 1. The smallest absolute Gasteiger partial charge is 0.118 e. The second-order valence-corrected chi connectivity index (χ2v) is 6.43. The van der Waals surface area contributed by atoms with Gasteiger partial charge in [0.05, 0.1) is 12.7 Å². The van der Waals surface area contributed by atoms with Crippen LogP contribution in [0.15, 0.2) is 53.0 Å². The molecule has 3 heteroatoms. The van der Waals surface area contributed by atoms with Gasteiger partial charge in [0.25, 0.3) is 0 Å². The molecule has 2 aromatic rings. The summed E-state index contributed by atoms with van der Waals surface area (Å²) in [7, 11) is 1.65. The second-order valence-electron chi connectivity index (χ2n) is 5.52. The highest BCUT2D eigenvalue weighted by molar-refractivity contribution is 9.10. The van der Waals surface area contributed by atoms with E-state index >= 15 is 0 Å². The van der Waals surface area contributed by atoms with Crippen LogP contribution in [-0.2, 0) is 5.60 Å². The van der Waals surface area contributed by atoms with E-state index < -0.39 is 5.60 Å². The molecule has 22 heavy (non-hydrogen) atoms. The SMILES string of the molecule is CC[C@H](c1ccc(Br)cc1)[C@@](O)(CC)c1ccc(OC)cc1. The van der Waals surface area contributed by atoms with Gasteiger partial charge in [-0.15, -0.1) is 0 Å². The number of ether oxygens (including phenoxy) is 1. The van der Waals surface area contributed by atoms with Crippen LogP contribution < -0.4 is 4.74 Å². The maximum absolute atomic E-state index is 11.4. The van der Waals surface area contributed by atoms with Crippen molar-refractivity contribution in [2.24, 2.45) is 0 Å². The monoisotopic (exact) mass is 362 g/mol. The minimum atomic E-state index is -0.880. The lowest BCUT2D eigenvalue weighted by Crippen LogP contribution is -2.32. The van der Waals surface area contributed by atoms with E-state index in [2.05, 4.69) is 35.0 Å². The Morgan fingerprint density at radius 2 is 1.64 bits per heavy atom. The van der Waals surface area contributed by atoms with Crippen LogP contribution in [0.2, 0.25) is 0 Å². The molecular formula is C19H23BrO2. The van der Waals surface area contributed by atoms with Crippen LogP contribution in [-0.4, -0.2) is 12.2 Å². The molecule has 118 valence electrons. The topological polar surface area (TPSA) is 29.5 Å². The van der Waals surface area contributed by atoms with Gasteiger partial charge in [-0.05, 0) is 48.2 Å². The molecule has 0 saturated heterocycles. The van der Waals surface area contributed by atoms with Crippen molar-refractivity contribution in [3.05, 3.63) is 64.1 Å². The molecule has 0 unspecified atom stereocenters. The van der Waals surface area contributed by atoms with E-state index in [0.717, 1.165) is 27.8 Å². The molecule has 1 N–H and O–H groups in total. The molecule has 0 spiro atoms. The van der Waals surface area contributed by atoms with Gasteiger partial charge in [-0.3, -0.25) is 0 Å². The molecule has 2 aromatic carbocycles. The maximum Gasteiger partial charge on any atom is 0.118 e. The van der Waals surface area contributed by atoms with E-state index in [1.54, 1.807) is 7.11 Å². The van der Waals surface area contributed by atoms with E-state index in [0.29, 0.717) is 6.42 Å². The number of aliphatic hydroxyl groups is 1. The second kappa shape index (κ2) is 7.30. The molecule has 0 radical (unpaired) electrons. The highest BCUT2D eigenvalue weighted by Gasteiger charge is 2.36. The van der Waals surface area contributed by atoms with Crippen molar-refractivity contribution in [2.75, 3.05) is 7.11 Å². The van der Waals surface area contributed by atoms with Gasteiger partial charge in [0.1, 0.15) is 5.75 Å². The first-order valence-electron chi connectivity index (χ1n) is 7.67. The van der Waals surface area contributed by atoms with Gasteiger partial charge in [0.15, 0.2) is 0 Å². The largest absolute Gasteiger partial charge is 0.497 e. The van der Waals surface area contributed by atoms with E-state index in [4.69, 9.17) is 4.74 Å². The predicted octanol–water partition coefficient (Wildman–Crippen LogP) is 5.25. The lowest BCUT2D eigenvalue weighted by atomic mass is 9.74. The molecule has 2 rings (SSSR count). The van der Waals surface area contributed by atoms with E-state index in [-0.39, 0.29) is 5.92 Å². The minimum absolute atomic E-state index is 0.0546. The summed E-state index contributed by atoms with van der Waals surface area (Å²) in [5, 5.41) is 11.4. The van der Waals surface area contributed by atoms with Gasteiger partial charge in [-0.1, -0.05) is 54.0 Å². The van der Waals surface area contributed by atoms with Crippen LogP contribution in [0.1, 0.15) is 43.7 Å². The Bertz CT molecular complexity index is 592. The lowest BCUT2D eigenvalue weighted by molar-refractivity contribution is 0.00144. The Hall–Kier alpha value is -1.32. The number of halogens is 1. The third-order valence-corrected chi connectivity index (χ3v) is 4.91. The number of rotatable bonds is 6. The third kappa shape index (κ3) is 3.36. The maximum atomic E-state index is 11.4. The Morgan fingerprint density at radius 1 is 1.05 bits per heavy atom. The standard InChI is InChI=1S/C19H23BrO2/c1-4-18(14-6-10-16(20)11-7-14)19(21,5-2)15-8-12-17(22-3)13-9-15/h6-13,18,21H,4-5H2,1-3H3/t18-,19-/m1/s1. The molecule has 2 atom stereocenters. The molecule has 0 fully saturated rings. The fourth-order valence-electron chi connectivity index (χ4n) is 3.08. The zero-order chi connectivity index (χ0) is 16.2. The molecule has 0 aliphatic heterocycles. The third-order valence-electron chi connectivity index (χ3n) is 4.39. The molecule has 0 bridgehead atoms. The van der Waals surface area contributed by atoms with Crippen molar-refractivity contribution in [3.63, 3.8) is 0 Å². The van der Waals surface area contributed by atoms with Gasteiger partial charge in [0.2, 0.25) is 0 Å². The fraction of sp³-hybridized carbons (Fsp3) is 0.368. The first-order valence-corrected chi connectivity index (χ1v) is 8.46. The van der Waals surface area contributed by atoms with Crippen LogP contribution in [0.25, 0.3) is 0 Å². The average Bonchev–Trinajstić information content (AvgIpc) is 2.57. The minimum Gasteiger partial charge on any atom is -0.497 e. The van der Waals surface area contributed by atoms with Gasteiger partial charge in [-0.25, -0.2) is 0 Å². The summed E-state index contributed by atoms with van der Waals surface area (Å²) in [4.78, 5) is 0. The summed E-state index contributed by atoms with van der Waals surface area (Å²) in [5.41, 5.74) is 1.21. The first kappa shape index (κ1) is 17.0. The summed E-state index contributed by atoms with van der Waals surface area (Å²) in [6, 6.07) is 16.0. The highest BCUT2D eigenvalue weighted by Crippen LogP contribution is 2.42. The Labute approximate surface area is 141 Å². The lowest BCUT2D eigenvalue weighted by Gasteiger charge is -2.36. The summed E-state index contributed by atoms with van der Waals surface area (Å²) in [6.07, 6.45) is 1.53. The summed E-state index contributed by atoms with van der Waals surface area (Å²) in [5.74, 6) is 0.859. The molecule has 0 amide bonds. The molecule has 0 saturated carbocycles. The first-order chi connectivity index (χ1) is 10.5. The fourth-order valence-corrected chi connectivity index (χ4v) is 3.34. The number of benzene rings is 2. The van der Waals surface area contributed by atoms with Crippen LogP contribution in [0.5, 0.6) is 5.75 Å². The molecule has 2 nitrogen and oxygen atoms in total. The van der Waals surface area contributed by atoms with Crippen LogP contribution in [0.4, 0.5) is 0 Å². The normalized spacial score (nSPS) is 15.1. The molecular weight excluding hydrogens is 340 g/mol. The Morgan fingerprint density at radius 3 is 2.09 bits per heavy atom. The Kier molecular flexibility index (Phi) is 5.65. The van der Waals surface area contributed by atoms with Gasteiger partial charge in [0, 0.05) is 10.4 Å². The number of methoxy groups -OCH3 is 1. The van der Waals surface area contributed by atoms with Crippen LogP contribution in [0.3, 0.4) is 0 Å². The molecule has 0 aliphatic rings. The highest BCUT2D eigenvalue weighted by atomic mass is 79.9. The van der Waals surface area contributed by atoms with Crippen molar-refractivity contribution < 1.29 is 9.84 Å². The van der Waals surface area contributed by atoms with Gasteiger partial charge < -0.3 is 9.84 Å². The van der Waals surface area contributed by atoms with E-state index in [1.165, 1.54) is 0 Å². The van der Waals surface area contributed by atoms with Crippen LogP contribution >= 0.6 is 15.9 Å². The quantitative estimate of drug-likeness (QED) is 0.760.